The van der Waals surface area contributed by atoms with Gasteiger partial charge in [-0.3, -0.25) is 15.3 Å². The Kier molecular flexibility index (Phi) is 12.0. The Morgan fingerprint density at radius 1 is 1.11 bits per heavy atom. The molecule has 2 aromatic rings. The first-order chi connectivity index (χ1) is 17.4. The highest BCUT2D eigenvalue weighted by molar-refractivity contribution is 5.86. The summed E-state index contributed by atoms with van der Waals surface area (Å²) in [6.45, 7) is -0.0287. The molecule has 2 atom stereocenters. The van der Waals surface area contributed by atoms with Crippen molar-refractivity contribution in [3.05, 3.63) is 84.0 Å². The Bertz CT molecular complexity index is 1050. The highest BCUT2D eigenvalue weighted by atomic mass is 19.1. The maximum Gasteiger partial charge on any atom is 0.412 e. The van der Waals surface area contributed by atoms with E-state index in [0.29, 0.717) is 30.2 Å². The highest BCUT2D eigenvalue weighted by Crippen LogP contribution is 2.29. The molecule has 4 N–H and O–H groups in total. The molecule has 0 heterocycles. The molecule has 2 rings (SSSR count). The molecule has 0 fully saturated rings. The van der Waals surface area contributed by atoms with Crippen LogP contribution in [0.5, 0.6) is 5.75 Å². The number of carbonyl (C=O) groups excluding carboxylic acids is 2. The lowest BCUT2D eigenvalue weighted by molar-refractivity contribution is -0.124. The van der Waals surface area contributed by atoms with Crippen LogP contribution in [-0.2, 0) is 14.3 Å². The van der Waals surface area contributed by atoms with Crippen molar-refractivity contribution in [1.29, 1.82) is 0 Å². The van der Waals surface area contributed by atoms with Gasteiger partial charge in [-0.05, 0) is 42.7 Å². The first kappa shape index (κ1) is 28.4. The maximum atomic E-state index is 14.0. The Hall–Kier alpha value is -3.80. The molecule has 0 aliphatic rings. The minimum atomic E-state index is -0.971. The molecule has 0 spiro atoms. The van der Waals surface area contributed by atoms with E-state index < -0.39 is 35.8 Å². The molecule has 2 aromatic carbocycles. The zero-order chi connectivity index (χ0) is 26.3. The molecule has 9 nitrogen and oxygen atoms in total. The van der Waals surface area contributed by atoms with Crippen molar-refractivity contribution in [2.24, 2.45) is 0 Å². The van der Waals surface area contributed by atoms with Gasteiger partial charge in [0.1, 0.15) is 24.0 Å². The number of allylic oxidation sites excluding steroid dienone is 3. The summed E-state index contributed by atoms with van der Waals surface area (Å²) in [7, 11) is 1.45. The molecule has 11 heteroatoms. The number of aliphatic hydroxyl groups is 1. The van der Waals surface area contributed by atoms with Crippen LogP contribution < -0.4 is 15.5 Å². The molecule has 36 heavy (non-hydrogen) atoms. The van der Waals surface area contributed by atoms with Crippen molar-refractivity contribution < 1.29 is 42.9 Å². The second-order valence-electron chi connectivity index (χ2n) is 7.33. The monoisotopic (exact) mass is 506 g/mol. The SMILES string of the molecule is CO[C@H](CC/C=C/C=C/C(=O)NO)[C@H](OC(=O)Nc1ccc(F)cc1F)c1ccc(OCCO)cc1. The van der Waals surface area contributed by atoms with Crippen molar-refractivity contribution in [2.45, 2.75) is 25.0 Å². The van der Waals surface area contributed by atoms with Crippen LogP contribution in [0.4, 0.5) is 19.3 Å². The molecule has 0 aliphatic heterocycles. The number of hydroxylamine groups is 1. The lowest BCUT2D eigenvalue weighted by atomic mass is 10.00. The number of ether oxygens (including phenoxy) is 3. The van der Waals surface area contributed by atoms with Crippen molar-refractivity contribution in [3.8, 4) is 5.75 Å². The van der Waals surface area contributed by atoms with Gasteiger partial charge in [0.15, 0.2) is 6.10 Å². The van der Waals surface area contributed by atoms with Gasteiger partial charge >= 0.3 is 6.09 Å². The third kappa shape index (κ3) is 9.45. The average molecular weight is 507 g/mol. The summed E-state index contributed by atoms with van der Waals surface area (Å²) >= 11 is 0. The minimum absolute atomic E-state index is 0.117. The molecule has 0 unspecified atom stereocenters. The number of carbonyl (C=O) groups is 2. The van der Waals surface area contributed by atoms with Crippen LogP contribution in [0.3, 0.4) is 0 Å². The average Bonchev–Trinajstić information content (AvgIpc) is 2.88. The van der Waals surface area contributed by atoms with E-state index in [1.54, 1.807) is 36.4 Å². The Balaban J connectivity index is 2.16. The number of benzene rings is 2. The van der Waals surface area contributed by atoms with Crippen LogP contribution >= 0.6 is 0 Å². The topological polar surface area (TPSA) is 126 Å². The van der Waals surface area contributed by atoms with Crippen molar-refractivity contribution in [3.63, 3.8) is 0 Å². The summed E-state index contributed by atoms with van der Waals surface area (Å²) < 4.78 is 43.6. The molecule has 0 bridgehead atoms. The third-order valence-electron chi connectivity index (χ3n) is 4.83. The van der Waals surface area contributed by atoms with Crippen molar-refractivity contribution in [2.75, 3.05) is 25.6 Å². The third-order valence-corrected chi connectivity index (χ3v) is 4.83. The number of aliphatic hydroxyl groups excluding tert-OH is 1. The van der Waals surface area contributed by atoms with Crippen LogP contribution in [0.25, 0.3) is 0 Å². The number of hydrogen-bond acceptors (Lipinski definition) is 7. The summed E-state index contributed by atoms with van der Waals surface area (Å²) in [6, 6.07) is 9.34. The molecule has 2 amide bonds. The van der Waals surface area contributed by atoms with Crippen LogP contribution in [0.15, 0.2) is 66.8 Å². The van der Waals surface area contributed by atoms with Gasteiger partial charge in [0.2, 0.25) is 0 Å². The second-order valence-corrected chi connectivity index (χ2v) is 7.33. The van der Waals surface area contributed by atoms with Gasteiger partial charge in [-0.1, -0.05) is 30.4 Å². The molecule has 0 aromatic heterocycles. The van der Waals surface area contributed by atoms with Gasteiger partial charge in [0.05, 0.1) is 18.4 Å². The predicted octanol–water partition coefficient (Wildman–Crippen LogP) is 4.04. The van der Waals surface area contributed by atoms with E-state index in [1.807, 2.05) is 0 Å². The van der Waals surface area contributed by atoms with Crippen LogP contribution in [-0.4, -0.2) is 48.7 Å². The fourth-order valence-corrected chi connectivity index (χ4v) is 3.13. The summed E-state index contributed by atoms with van der Waals surface area (Å²) in [5.41, 5.74) is 1.80. The number of hydrogen-bond donors (Lipinski definition) is 4. The zero-order valence-corrected chi connectivity index (χ0v) is 19.5. The van der Waals surface area contributed by atoms with E-state index in [0.717, 1.165) is 18.2 Å². The van der Waals surface area contributed by atoms with E-state index in [1.165, 1.54) is 18.7 Å². The molecule has 0 saturated heterocycles. The molecular formula is C25H28F2N2O7. The van der Waals surface area contributed by atoms with Crippen molar-refractivity contribution >= 4 is 17.7 Å². The second kappa shape index (κ2) is 15.2. The summed E-state index contributed by atoms with van der Waals surface area (Å²) in [5.74, 6) is -1.91. The van der Waals surface area contributed by atoms with Crippen LogP contribution in [0.2, 0.25) is 0 Å². The standard InChI is InChI=1S/C25H28F2N2O7/c1-34-22(6-4-2-3-5-7-23(31)29-33)24(17-8-11-19(12-9-17)35-15-14-30)36-25(32)28-21-13-10-18(26)16-20(21)27/h2-3,5,7-13,16,22,24,30,33H,4,6,14-15H2,1H3,(H,28,32)(H,29,31)/b3-2+,7-5+/t22-,24-/m1/s1. The number of halogens is 2. The fraction of sp³-hybridized carbons (Fsp3) is 0.280. The number of anilines is 1. The Morgan fingerprint density at radius 3 is 2.50 bits per heavy atom. The van der Waals surface area contributed by atoms with E-state index >= 15 is 0 Å². The van der Waals surface area contributed by atoms with E-state index in [4.69, 9.17) is 24.5 Å². The molecule has 0 aliphatic carbocycles. The summed E-state index contributed by atoms with van der Waals surface area (Å²) in [6.07, 6.45) is 4.32. The predicted molar refractivity (Wildman–Crippen MR) is 126 cm³/mol. The first-order valence-electron chi connectivity index (χ1n) is 10.9. The molecule has 194 valence electrons. The first-order valence-corrected chi connectivity index (χ1v) is 10.9. The van der Waals surface area contributed by atoms with E-state index in [-0.39, 0.29) is 18.9 Å². The molecule has 0 radical (unpaired) electrons. The van der Waals surface area contributed by atoms with Gasteiger partial charge in [0, 0.05) is 19.3 Å². The highest BCUT2D eigenvalue weighted by Gasteiger charge is 2.27. The molecule has 0 saturated carbocycles. The van der Waals surface area contributed by atoms with Gasteiger partial charge < -0.3 is 19.3 Å². The van der Waals surface area contributed by atoms with Gasteiger partial charge in [-0.25, -0.2) is 19.1 Å². The number of amides is 2. The normalized spacial score (nSPS) is 12.9. The van der Waals surface area contributed by atoms with Gasteiger partial charge in [0.25, 0.3) is 5.91 Å². The number of methoxy groups -OCH3 is 1. The van der Waals surface area contributed by atoms with Gasteiger partial charge in [-0.15, -0.1) is 0 Å². The van der Waals surface area contributed by atoms with E-state index in [9.17, 15) is 18.4 Å². The smallest absolute Gasteiger partial charge is 0.412 e. The van der Waals surface area contributed by atoms with Crippen LogP contribution in [0, 0.1) is 11.6 Å². The Labute approximate surface area is 206 Å². The number of rotatable bonds is 13. The zero-order valence-electron chi connectivity index (χ0n) is 19.5. The summed E-state index contributed by atoms with van der Waals surface area (Å²) in [5, 5.41) is 19.6. The Morgan fingerprint density at radius 2 is 1.86 bits per heavy atom. The lowest BCUT2D eigenvalue weighted by Crippen LogP contribution is -2.28. The minimum Gasteiger partial charge on any atom is -0.491 e. The van der Waals surface area contributed by atoms with E-state index in [2.05, 4.69) is 5.32 Å². The largest absolute Gasteiger partial charge is 0.491 e. The quantitative estimate of drug-likeness (QED) is 0.140. The lowest BCUT2D eigenvalue weighted by Gasteiger charge is -2.26. The van der Waals surface area contributed by atoms with Gasteiger partial charge in [-0.2, -0.15) is 0 Å². The molecular weight excluding hydrogens is 478 g/mol. The fourth-order valence-electron chi connectivity index (χ4n) is 3.13. The van der Waals surface area contributed by atoms with Crippen LogP contribution in [0.1, 0.15) is 24.5 Å². The summed E-state index contributed by atoms with van der Waals surface area (Å²) in [4.78, 5) is 23.6. The number of nitrogens with one attached hydrogen (secondary N) is 2. The maximum absolute atomic E-state index is 14.0. The van der Waals surface area contributed by atoms with Crippen molar-refractivity contribution in [1.82, 2.24) is 5.48 Å².